The number of hydrogen-bond donors (Lipinski definition) is 2. The number of phenols is 2. The molecule has 6 nitrogen and oxygen atoms in total. The Kier molecular flexibility index (Phi) is 18.1. The summed E-state index contributed by atoms with van der Waals surface area (Å²) in [6, 6.07) is 18.2. The predicted octanol–water partition coefficient (Wildman–Crippen LogP) is 11.6. The van der Waals surface area contributed by atoms with Gasteiger partial charge in [-0.15, -0.1) is 0 Å². The molecular weight excluding hydrogens is 572 g/mol. The fraction of sp³-hybridized carbons (Fsp3) is 0.500. The van der Waals surface area contributed by atoms with Crippen LogP contribution < -0.4 is 9.47 Å². The molecule has 0 aliphatic carbocycles. The van der Waals surface area contributed by atoms with Gasteiger partial charge in [0.05, 0.1) is 24.6 Å². The van der Waals surface area contributed by atoms with Crippen LogP contribution in [-0.4, -0.2) is 35.9 Å². The van der Waals surface area contributed by atoms with Crippen LogP contribution in [0.2, 0.25) is 0 Å². The minimum absolute atomic E-state index is 0.0540. The normalized spacial score (nSPS) is 11.5. The van der Waals surface area contributed by atoms with Gasteiger partial charge in [-0.1, -0.05) is 104 Å². The molecule has 2 N–H and O–H groups in total. The van der Waals surface area contributed by atoms with E-state index in [4.69, 9.17) is 9.47 Å². The van der Waals surface area contributed by atoms with Crippen LogP contribution in [0.5, 0.6) is 23.0 Å². The molecule has 0 amide bonds. The average Bonchev–Trinajstić information content (AvgIpc) is 3.07. The Labute approximate surface area is 277 Å². The summed E-state index contributed by atoms with van der Waals surface area (Å²) in [6.45, 7) is 5.94. The smallest absolute Gasteiger partial charge is 0.128 e. The van der Waals surface area contributed by atoms with Gasteiger partial charge in [-0.3, -0.25) is 9.98 Å². The zero-order chi connectivity index (χ0) is 32.7. The third-order valence-corrected chi connectivity index (χ3v) is 8.09. The Morgan fingerprint density at radius 3 is 1.20 bits per heavy atom. The van der Waals surface area contributed by atoms with Gasteiger partial charge in [-0.05, 0) is 67.4 Å². The van der Waals surface area contributed by atoms with Crippen molar-refractivity contribution < 1.29 is 19.7 Å². The van der Waals surface area contributed by atoms with Crippen LogP contribution >= 0.6 is 0 Å². The first-order valence-corrected chi connectivity index (χ1v) is 17.7. The average molecular weight is 629 g/mol. The van der Waals surface area contributed by atoms with Crippen molar-refractivity contribution in [3.05, 3.63) is 71.8 Å². The molecule has 0 heterocycles. The van der Waals surface area contributed by atoms with Crippen LogP contribution in [0, 0.1) is 0 Å². The van der Waals surface area contributed by atoms with Crippen molar-refractivity contribution >= 4 is 23.8 Å². The summed E-state index contributed by atoms with van der Waals surface area (Å²) in [5, 5.41) is 20.8. The molecule has 3 aromatic carbocycles. The summed E-state index contributed by atoms with van der Waals surface area (Å²) in [7, 11) is 0. The van der Waals surface area contributed by atoms with E-state index in [1.807, 2.05) is 48.5 Å². The summed E-state index contributed by atoms with van der Waals surface area (Å²) in [5.41, 5.74) is 2.46. The van der Waals surface area contributed by atoms with Gasteiger partial charge in [0, 0.05) is 29.6 Å². The Morgan fingerprint density at radius 2 is 0.826 bits per heavy atom. The van der Waals surface area contributed by atoms with Crippen molar-refractivity contribution in [1.29, 1.82) is 0 Å². The third-order valence-electron chi connectivity index (χ3n) is 8.09. The summed E-state index contributed by atoms with van der Waals surface area (Å²) in [6.07, 6.45) is 23.6. The van der Waals surface area contributed by atoms with Crippen LogP contribution in [0.25, 0.3) is 0 Å². The number of nitrogens with zero attached hydrogens (tertiary/aromatic N) is 2. The summed E-state index contributed by atoms with van der Waals surface area (Å²) >= 11 is 0. The first-order chi connectivity index (χ1) is 22.6. The molecule has 3 aromatic rings. The van der Waals surface area contributed by atoms with E-state index < -0.39 is 0 Å². The first kappa shape index (κ1) is 36.7. The standard InChI is InChI=1S/C40H56N2O4/c1-3-5-7-9-11-13-15-17-27-45-37-23-19-35(20-24-37)41-31-33-29-34(40(44)30-39(33)43)32-42-36-21-25-38(26-22-36)46-28-18-16-14-12-10-8-6-4-2/h19-26,29-32,43-44H,3-18,27-28H2,1-2H3. The van der Waals surface area contributed by atoms with Gasteiger partial charge in [0.1, 0.15) is 23.0 Å². The largest absolute Gasteiger partial charge is 0.507 e. The van der Waals surface area contributed by atoms with Gasteiger partial charge in [-0.25, -0.2) is 0 Å². The van der Waals surface area contributed by atoms with E-state index in [9.17, 15) is 10.2 Å². The molecule has 0 spiro atoms. The maximum atomic E-state index is 10.4. The quantitative estimate of drug-likeness (QED) is 0.0763. The van der Waals surface area contributed by atoms with Crippen LogP contribution in [0.1, 0.15) is 128 Å². The molecule has 46 heavy (non-hydrogen) atoms. The molecule has 3 rings (SSSR count). The van der Waals surface area contributed by atoms with Crippen molar-refractivity contribution in [2.45, 2.75) is 117 Å². The topological polar surface area (TPSA) is 83.6 Å². The molecule has 0 saturated heterocycles. The lowest BCUT2D eigenvalue weighted by atomic mass is 10.1. The van der Waals surface area contributed by atoms with Gasteiger partial charge in [0.2, 0.25) is 0 Å². The second kappa shape index (κ2) is 22.7. The van der Waals surface area contributed by atoms with Crippen molar-refractivity contribution in [3.63, 3.8) is 0 Å². The van der Waals surface area contributed by atoms with E-state index in [2.05, 4.69) is 23.8 Å². The number of benzene rings is 3. The Morgan fingerprint density at radius 1 is 0.478 bits per heavy atom. The maximum Gasteiger partial charge on any atom is 0.128 e. The Hall–Kier alpha value is -3.80. The molecule has 0 fully saturated rings. The summed E-state index contributed by atoms with van der Waals surface area (Å²) in [5.74, 6) is 1.55. The van der Waals surface area contributed by atoms with Crippen molar-refractivity contribution in [1.82, 2.24) is 0 Å². The van der Waals surface area contributed by atoms with Crippen LogP contribution in [0.3, 0.4) is 0 Å². The fourth-order valence-electron chi connectivity index (χ4n) is 5.22. The zero-order valence-corrected chi connectivity index (χ0v) is 28.3. The van der Waals surface area contributed by atoms with E-state index in [-0.39, 0.29) is 11.5 Å². The van der Waals surface area contributed by atoms with Gasteiger partial charge < -0.3 is 19.7 Å². The van der Waals surface area contributed by atoms with Crippen molar-refractivity contribution in [3.8, 4) is 23.0 Å². The predicted molar refractivity (Wildman–Crippen MR) is 193 cm³/mol. The first-order valence-electron chi connectivity index (χ1n) is 17.7. The number of rotatable bonds is 24. The van der Waals surface area contributed by atoms with E-state index >= 15 is 0 Å². The minimum atomic E-state index is -0.0540. The fourth-order valence-corrected chi connectivity index (χ4v) is 5.22. The SMILES string of the molecule is CCCCCCCCCCOc1ccc(N=Cc2cc(C=Nc3ccc(OCCCCCCCCCC)cc3)c(O)cc2O)cc1. The maximum absolute atomic E-state index is 10.4. The van der Waals surface area contributed by atoms with Gasteiger partial charge in [0.15, 0.2) is 0 Å². The number of unbranched alkanes of at least 4 members (excludes halogenated alkanes) is 14. The molecule has 250 valence electrons. The Bertz CT molecular complexity index is 1190. The van der Waals surface area contributed by atoms with E-state index in [1.165, 1.54) is 96.0 Å². The number of ether oxygens (including phenoxy) is 2. The lowest BCUT2D eigenvalue weighted by molar-refractivity contribution is 0.304. The van der Waals surface area contributed by atoms with E-state index in [0.29, 0.717) is 11.1 Å². The molecule has 0 aromatic heterocycles. The zero-order valence-electron chi connectivity index (χ0n) is 28.3. The van der Waals surface area contributed by atoms with Gasteiger partial charge in [0.25, 0.3) is 0 Å². The number of hydrogen-bond acceptors (Lipinski definition) is 6. The second-order valence-corrected chi connectivity index (χ2v) is 12.1. The molecule has 0 aliphatic rings. The summed E-state index contributed by atoms with van der Waals surface area (Å²) in [4.78, 5) is 9.01. The van der Waals surface area contributed by atoms with E-state index in [0.717, 1.165) is 48.9 Å². The number of aliphatic imine (C=N–C) groups is 2. The highest BCUT2D eigenvalue weighted by molar-refractivity contribution is 5.92. The highest BCUT2D eigenvalue weighted by atomic mass is 16.5. The highest BCUT2D eigenvalue weighted by Gasteiger charge is 2.07. The molecule has 0 bridgehead atoms. The third kappa shape index (κ3) is 15.0. The lowest BCUT2D eigenvalue weighted by Crippen LogP contribution is -1.97. The molecule has 0 atom stereocenters. The molecule has 0 saturated carbocycles. The molecule has 0 aliphatic heterocycles. The van der Waals surface area contributed by atoms with Crippen LogP contribution in [0.15, 0.2) is 70.6 Å². The molecule has 0 radical (unpaired) electrons. The molecule has 6 heteroatoms. The monoisotopic (exact) mass is 628 g/mol. The van der Waals surface area contributed by atoms with Crippen LogP contribution in [-0.2, 0) is 0 Å². The number of phenolic OH excluding ortho intramolecular Hbond substituents is 2. The summed E-state index contributed by atoms with van der Waals surface area (Å²) < 4.78 is 11.8. The van der Waals surface area contributed by atoms with Crippen molar-refractivity contribution in [2.24, 2.45) is 9.98 Å². The lowest BCUT2D eigenvalue weighted by Gasteiger charge is -2.07. The molecule has 0 unspecified atom stereocenters. The van der Waals surface area contributed by atoms with Crippen molar-refractivity contribution in [2.75, 3.05) is 13.2 Å². The Balaban J connectivity index is 1.42. The van der Waals surface area contributed by atoms with E-state index in [1.54, 1.807) is 18.5 Å². The number of aromatic hydroxyl groups is 2. The minimum Gasteiger partial charge on any atom is -0.507 e. The molecular formula is C40H56N2O4. The highest BCUT2D eigenvalue weighted by Crippen LogP contribution is 2.27. The van der Waals surface area contributed by atoms with Gasteiger partial charge >= 0.3 is 0 Å². The van der Waals surface area contributed by atoms with Gasteiger partial charge in [-0.2, -0.15) is 0 Å². The second-order valence-electron chi connectivity index (χ2n) is 12.1. The van der Waals surface area contributed by atoms with Crippen LogP contribution in [0.4, 0.5) is 11.4 Å².